The van der Waals surface area contributed by atoms with Crippen LogP contribution in [0.2, 0.25) is 15.2 Å². The zero-order valence-electron chi connectivity index (χ0n) is 8.08. The third kappa shape index (κ3) is 2.69. The maximum atomic E-state index is 11.8. The molecule has 4 nitrogen and oxygen atoms in total. The number of amides is 1. The van der Waals surface area contributed by atoms with Crippen molar-refractivity contribution in [1.82, 2.24) is 9.59 Å². The molecule has 1 aromatic carbocycles. The summed E-state index contributed by atoms with van der Waals surface area (Å²) in [4.78, 5) is 12.0. The second-order valence-corrected chi connectivity index (χ2v) is 4.87. The number of anilines is 1. The molecule has 0 bridgehead atoms. The molecule has 2 aromatic rings. The minimum Gasteiger partial charge on any atom is -0.319 e. The van der Waals surface area contributed by atoms with E-state index in [-0.39, 0.29) is 10.0 Å². The molecule has 0 saturated carbocycles. The fourth-order valence-corrected chi connectivity index (χ4v) is 2.32. The second-order valence-electron chi connectivity index (χ2n) is 2.94. The topological polar surface area (TPSA) is 54.9 Å². The van der Waals surface area contributed by atoms with E-state index in [4.69, 9.17) is 34.8 Å². The molecule has 2 rings (SSSR count). The highest BCUT2D eigenvalue weighted by atomic mass is 35.5. The Hall–Kier alpha value is -0.880. The molecule has 1 amide bonds. The summed E-state index contributed by atoms with van der Waals surface area (Å²) in [6.07, 6.45) is 0. The number of nitrogens with zero attached hydrogens (tertiary/aromatic N) is 2. The highest BCUT2D eigenvalue weighted by molar-refractivity contribution is 7.08. The van der Waals surface area contributed by atoms with Crippen LogP contribution in [0.3, 0.4) is 0 Å². The summed E-state index contributed by atoms with van der Waals surface area (Å²) in [5, 5.41) is 6.84. The summed E-state index contributed by atoms with van der Waals surface area (Å²) in [6, 6.07) is 4.92. The lowest BCUT2D eigenvalue weighted by Crippen LogP contribution is -2.11. The van der Waals surface area contributed by atoms with Gasteiger partial charge in [-0.25, -0.2) is 0 Å². The Bertz CT molecular complexity index is 552. The Balaban J connectivity index is 2.28. The average Bonchev–Trinajstić information content (AvgIpc) is 2.70. The van der Waals surface area contributed by atoms with Crippen LogP contribution in [-0.2, 0) is 0 Å². The van der Waals surface area contributed by atoms with Crippen LogP contribution < -0.4 is 5.32 Å². The first-order chi connectivity index (χ1) is 8.09. The van der Waals surface area contributed by atoms with Crippen LogP contribution >= 0.6 is 46.3 Å². The number of para-hydroxylation sites is 1. The first-order valence-corrected chi connectivity index (χ1v) is 6.23. The van der Waals surface area contributed by atoms with Crippen LogP contribution in [-0.4, -0.2) is 15.5 Å². The molecular formula is C9H4Cl3N3OS. The Morgan fingerprint density at radius 1 is 1.24 bits per heavy atom. The quantitative estimate of drug-likeness (QED) is 0.919. The van der Waals surface area contributed by atoms with Crippen LogP contribution in [0.25, 0.3) is 0 Å². The maximum Gasteiger partial charge on any atom is 0.270 e. The number of halogens is 3. The third-order valence-electron chi connectivity index (χ3n) is 1.86. The number of carbonyl (C=O) groups excluding carboxylic acids is 1. The largest absolute Gasteiger partial charge is 0.319 e. The summed E-state index contributed by atoms with van der Waals surface area (Å²) in [6.45, 7) is 0. The van der Waals surface area contributed by atoms with Gasteiger partial charge in [-0.2, -0.15) is 0 Å². The number of benzene rings is 1. The first-order valence-electron chi connectivity index (χ1n) is 4.33. The van der Waals surface area contributed by atoms with Gasteiger partial charge in [0.15, 0.2) is 10.0 Å². The number of aromatic nitrogens is 2. The lowest BCUT2D eigenvalue weighted by Gasteiger charge is -2.07. The number of hydrogen-bond donors (Lipinski definition) is 1. The van der Waals surface area contributed by atoms with Crippen molar-refractivity contribution in [2.45, 2.75) is 0 Å². The van der Waals surface area contributed by atoms with E-state index in [0.29, 0.717) is 15.7 Å². The van der Waals surface area contributed by atoms with E-state index in [1.165, 1.54) is 0 Å². The third-order valence-corrected chi connectivity index (χ3v) is 3.59. The lowest BCUT2D eigenvalue weighted by atomic mass is 10.3. The van der Waals surface area contributed by atoms with E-state index in [1.54, 1.807) is 18.2 Å². The molecule has 1 heterocycles. The number of nitrogens with one attached hydrogen (secondary N) is 1. The van der Waals surface area contributed by atoms with Crippen LogP contribution in [0.15, 0.2) is 18.2 Å². The fourth-order valence-electron chi connectivity index (χ4n) is 1.10. The second kappa shape index (κ2) is 5.18. The molecule has 0 spiro atoms. The van der Waals surface area contributed by atoms with E-state index in [2.05, 4.69) is 14.9 Å². The Morgan fingerprint density at radius 2 is 1.88 bits per heavy atom. The highest BCUT2D eigenvalue weighted by Crippen LogP contribution is 2.30. The van der Waals surface area contributed by atoms with Crippen molar-refractivity contribution in [3.05, 3.63) is 38.3 Å². The molecule has 0 aliphatic rings. The van der Waals surface area contributed by atoms with Gasteiger partial charge >= 0.3 is 0 Å². The standard InChI is InChI=1S/C9H4Cl3N3OS/c10-4-2-1-3-5(11)6(4)13-9(16)7-8(12)14-15-17-7/h1-3H,(H,13,16). The summed E-state index contributed by atoms with van der Waals surface area (Å²) < 4.78 is 3.56. The lowest BCUT2D eigenvalue weighted by molar-refractivity contribution is 0.103. The van der Waals surface area contributed by atoms with Crippen LogP contribution in [0, 0.1) is 0 Å². The van der Waals surface area contributed by atoms with Crippen LogP contribution in [0.4, 0.5) is 5.69 Å². The molecule has 88 valence electrons. The van der Waals surface area contributed by atoms with Crippen molar-refractivity contribution in [3.63, 3.8) is 0 Å². The van der Waals surface area contributed by atoms with Crippen molar-refractivity contribution in [3.8, 4) is 0 Å². The molecule has 0 aliphatic carbocycles. The van der Waals surface area contributed by atoms with Crippen LogP contribution in [0.1, 0.15) is 9.67 Å². The molecular weight excluding hydrogens is 305 g/mol. The molecule has 0 saturated heterocycles. The summed E-state index contributed by atoms with van der Waals surface area (Å²) in [5.41, 5.74) is 0.338. The molecule has 17 heavy (non-hydrogen) atoms. The van der Waals surface area contributed by atoms with E-state index in [0.717, 1.165) is 11.5 Å². The van der Waals surface area contributed by atoms with Gasteiger partial charge in [-0.05, 0) is 23.7 Å². The molecule has 8 heteroatoms. The molecule has 0 unspecified atom stereocenters. The molecule has 0 aliphatic heterocycles. The fraction of sp³-hybridized carbons (Fsp3) is 0. The van der Waals surface area contributed by atoms with Crippen molar-refractivity contribution < 1.29 is 4.79 Å². The Morgan fingerprint density at radius 3 is 2.41 bits per heavy atom. The van der Waals surface area contributed by atoms with Crippen LogP contribution in [0.5, 0.6) is 0 Å². The zero-order chi connectivity index (χ0) is 12.4. The van der Waals surface area contributed by atoms with Gasteiger partial charge in [0.05, 0.1) is 15.7 Å². The first kappa shape index (κ1) is 12.6. The normalized spacial score (nSPS) is 10.3. The highest BCUT2D eigenvalue weighted by Gasteiger charge is 2.17. The summed E-state index contributed by atoms with van der Waals surface area (Å²) in [5.74, 6) is -0.444. The number of carbonyl (C=O) groups is 1. The van der Waals surface area contributed by atoms with Gasteiger partial charge in [-0.1, -0.05) is 45.4 Å². The van der Waals surface area contributed by atoms with Gasteiger partial charge in [0.25, 0.3) is 5.91 Å². The van der Waals surface area contributed by atoms with E-state index < -0.39 is 5.91 Å². The number of hydrogen-bond acceptors (Lipinski definition) is 4. The van der Waals surface area contributed by atoms with E-state index >= 15 is 0 Å². The van der Waals surface area contributed by atoms with Crippen molar-refractivity contribution in [2.75, 3.05) is 5.32 Å². The van der Waals surface area contributed by atoms with Gasteiger partial charge in [0.1, 0.15) is 0 Å². The molecule has 1 N–H and O–H groups in total. The molecule has 1 aromatic heterocycles. The van der Waals surface area contributed by atoms with E-state index in [1.807, 2.05) is 0 Å². The van der Waals surface area contributed by atoms with Gasteiger partial charge in [-0.3, -0.25) is 4.79 Å². The van der Waals surface area contributed by atoms with Crippen molar-refractivity contribution in [1.29, 1.82) is 0 Å². The van der Waals surface area contributed by atoms with Gasteiger partial charge in [0.2, 0.25) is 0 Å². The molecule has 0 radical (unpaired) electrons. The molecule has 0 atom stereocenters. The summed E-state index contributed by atoms with van der Waals surface area (Å²) in [7, 11) is 0. The minimum absolute atomic E-state index is 0.0516. The van der Waals surface area contributed by atoms with Crippen molar-refractivity contribution >= 4 is 57.9 Å². The molecule has 0 fully saturated rings. The minimum atomic E-state index is -0.444. The monoisotopic (exact) mass is 307 g/mol. The Labute approximate surface area is 116 Å². The number of rotatable bonds is 2. The zero-order valence-corrected chi connectivity index (χ0v) is 11.2. The smallest absolute Gasteiger partial charge is 0.270 e. The Kier molecular flexibility index (Phi) is 3.83. The maximum absolute atomic E-state index is 11.8. The van der Waals surface area contributed by atoms with Gasteiger partial charge in [0, 0.05) is 0 Å². The predicted molar refractivity (Wildman–Crippen MR) is 69.3 cm³/mol. The van der Waals surface area contributed by atoms with Gasteiger partial charge < -0.3 is 5.32 Å². The van der Waals surface area contributed by atoms with Gasteiger partial charge in [-0.15, -0.1) is 5.10 Å². The summed E-state index contributed by atoms with van der Waals surface area (Å²) >= 11 is 18.4. The van der Waals surface area contributed by atoms with E-state index in [9.17, 15) is 4.79 Å². The SMILES string of the molecule is O=C(Nc1c(Cl)cccc1Cl)c1snnc1Cl. The van der Waals surface area contributed by atoms with Crippen molar-refractivity contribution in [2.24, 2.45) is 0 Å². The predicted octanol–water partition coefficient (Wildman–Crippen LogP) is 3.75. The average molecular weight is 309 g/mol.